The second kappa shape index (κ2) is 46.0. The molecule has 0 aromatic rings. The molecule has 5 N–H and O–H groups in total. The fraction of sp³-hybridized carbons (Fsp3) is 0.980. The molecular weight excluding hydrogens is 744 g/mol. The number of aliphatic hydroxyl groups is 1. The molecule has 0 fully saturated rings. The van der Waals surface area contributed by atoms with Crippen molar-refractivity contribution in [3.63, 3.8) is 0 Å². The Morgan fingerprint density at radius 3 is 1.10 bits per heavy atom. The summed E-state index contributed by atoms with van der Waals surface area (Å²) in [4.78, 5) is 22.8. The molecule has 1 unspecified atom stereocenters. The van der Waals surface area contributed by atoms with E-state index in [1.54, 1.807) is 0 Å². The van der Waals surface area contributed by atoms with Gasteiger partial charge < -0.3 is 21.1 Å². The molecule has 9 heteroatoms. The first-order valence-electron chi connectivity index (χ1n) is 25.7. The van der Waals surface area contributed by atoms with Crippen LogP contribution in [0.4, 0.5) is 0 Å². The number of phosphoric acid groups is 1. The minimum atomic E-state index is -4.31. The molecule has 0 saturated heterocycles. The van der Waals surface area contributed by atoms with E-state index in [1.165, 1.54) is 212 Å². The minimum Gasteiger partial charge on any atom is -0.391 e. The highest BCUT2D eigenvalue weighted by Gasteiger charge is 2.27. The predicted molar refractivity (Wildman–Crippen MR) is 249 cm³/mol. The second-order valence-electron chi connectivity index (χ2n) is 17.7. The molecule has 0 aromatic carbocycles. The number of amides is 1. The maximum absolute atomic E-state index is 12.8. The van der Waals surface area contributed by atoms with Crippen LogP contribution < -0.4 is 11.1 Å². The van der Waals surface area contributed by atoms with Crippen molar-refractivity contribution < 1.29 is 28.4 Å². The van der Waals surface area contributed by atoms with Gasteiger partial charge in [-0.15, -0.1) is 0 Å². The van der Waals surface area contributed by atoms with Gasteiger partial charge in [-0.3, -0.25) is 13.8 Å². The van der Waals surface area contributed by atoms with Crippen LogP contribution in [0.2, 0.25) is 0 Å². The average Bonchev–Trinajstić information content (AvgIpc) is 3.21. The van der Waals surface area contributed by atoms with Gasteiger partial charge in [-0.25, -0.2) is 4.57 Å². The maximum Gasteiger partial charge on any atom is 0.472 e. The summed E-state index contributed by atoms with van der Waals surface area (Å²) in [7, 11) is -4.31. The zero-order valence-electron chi connectivity index (χ0n) is 38.8. The van der Waals surface area contributed by atoms with Crippen molar-refractivity contribution in [2.24, 2.45) is 5.73 Å². The summed E-state index contributed by atoms with van der Waals surface area (Å²) in [5.74, 6) is -0.155. The van der Waals surface area contributed by atoms with Gasteiger partial charge in [-0.2, -0.15) is 0 Å². The third kappa shape index (κ3) is 43.6. The van der Waals surface area contributed by atoms with Gasteiger partial charge in [0, 0.05) is 13.0 Å². The van der Waals surface area contributed by atoms with Gasteiger partial charge in [0.05, 0.1) is 25.4 Å². The highest BCUT2D eigenvalue weighted by atomic mass is 31.2. The van der Waals surface area contributed by atoms with Crippen molar-refractivity contribution in [1.82, 2.24) is 5.32 Å². The number of rotatable bonds is 49. The molecule has 348 valence electrons. The zero-order valence-corrected chi connectivity index (χ0v) is 39.7. The van der Waals surface area contributed by atoms with Crippen LogP contribution in [0.1, 0.15) is 277 Å². The standard InChI is InChI=1S/C49H101N2O6P/c1-3-5-7-9-11-13-15-17-18-19-20-21-22-23-24-25-26-27-28-29-30-31-33-35-37-39-41-43-49(53)51-47(46-57-58(54,55)56-45-44-50)48(52)42-40-38-36-34-32-16-14-12-10-8-6-4-2/h47-48,52H,3-46,50H2,1-2H3,(H,51,53)(H,54,55)/t47-,48+/m0/s1. The SMILES string of the molecule is CCCCCCCCCCCCCCCCCCCCCCCCCCCCCC(=O)N[C@@H](COP(=O)(O)OCCN)[C@H](O)CCCCCCCCCCCCCC. The molecule has 0 heterocycles. The van der Waals surface area contributed by atoms with Crippen LogP contribution in [0.5, 0.6) is 0 Å². The highest BCUT2D eigenvalue weighted by Crippen LogP contribution is 2.43. The number of aliphatic hydroxyl groups excluding tert-OH is 1. The lowest BCUT2D eigenvalue weighted by Gasteiger charge is -2.25. The summed E-state index contributed by atoms with van der Waals surface area (Å²) in [6, 6.07) is -0.768. The molecule has 0 radical (unpaired) electrons. The van der Waals surface area contributed by atoms with Crippen LogP contribution in [0.15, 0.2) is 0 Å². The van der Waals surface area contributed by atoms with Gasteiger partial charge in [0.1, 0.15) is 0 Å². The molecule has 0 aliphatic heterocycles. The Labute approximate surface area is 361 Å². The van der Waals surface area contributed by atoms with Crippen molar-refractivity contribution in [2.45, 2.75) is 289 Å². The van der Waals surface area contributed by atoms with Crippen molar-refractivity contribution in [3.05, 3.63) is 0 Å². The van der Waals surface area contributed by atoms with Crippen LogP contribution in [0, 0.1) is 0 Å². The van der Waals surface area contributed by atoms with Crippen LogP contribution >= 0.6 is 7.82 Å². The Morgan fingerprint density at radius 2 is 0.793 bits per heavy atom. The molecule has 8 nitrogen and oxygen atoms in total. The molecule has 0 aromatic heterocycles. The Morgan fingerprint density at radius 1 is 0.500 bits per heavy atom. The van der Waals surface area contributed by atoms with E-state index >= 15 is 0 Å². The van der Waals surface area contributed by atoms with Gasteiger partial charge >= 0.3 is 7.82 Å². The number of carbonyl (C=O) groups excluding carboxylic acids is 1. The third-order valence-electron chi connectivity index (χ3n) is 12.0. The molecule has 3 atom stereocenters. The van der Waals surface area contributed by atoms with Crippen LogP contribution in [-0.4, -0.2) is 47.8 Å². The minimum absolute atomic E-state index is 0.0926. The fourth-order valence-electron chi connectivity index (χ4n) is 8.08. The van der Waals surface area contributed by atoms with E-state index in [-0.39, 0.29) is 25.7 Å². The topological polar surface area (TPSA) is 131 Å². The Kier molecular flexibility index (Phi) is 45.6. The third-order valence-corrected chi connectivity index (χ3v) is 12.9. The fourth-order valence-corrected chi connectivity index (χ4v) is 8.84. The largest absolute Gasteiger partial charge is 0.472 e. The summed E-state index contributed by atoms with van der Waals surface area (Å²) in [6.07, 6.45) is 51.4. The first-order chi connectivity index (χ1) is 28.4. The number of phosphoric ester groups is 1. The lowest BCUT2D eigenvalue weighted by atomic mass is 10.0. The van der Waals surface area contributed by atoms with E-state index in [4.69, 9.17) is 14.8 Å². The molecule has 0 bridgehead atoms. The summed E-state index contributed by atoms with van der Waals surface area (Å²) in [5.41, 5.74) is 5.39. The van der Waals surface area contributed by atoms with Crippen LogP contribution in [0.3, 0.4) is 0 Å². The summed E-state index contributed by atoms with van der Waals surface area (Å²) >= 11 is 0. The van der Waals surface area contributed by atoms with Gasteiger partial charge in [0.15, 0.2) is 0 Å². The van der Waals surface area contributed by atoms with Crippen LogP contribution in [0.25, 0.3) is 0 Å². The molecule has 0 spiro atoms. The number of unbranched alkanes of at least 4 members (excludes halogenated alkanes) is 37. The Bertz CT molecular complexity index is 880. The number of nitrogens with one attached hydrogen (secondary N) is 1. The monoisotopic (exact) mass is 845 g/mol. The molecular formula is C49H101N2O6P. The smallest absolute Gasteiger partial charge is 0.391 e. The van der Waals surface area contributed by atoms with E-state index < -0.39 is 20.0 Å². The van der Waals surface area contributed by atoms with Crippen molar-refractivity contribution >= 4 is 13.7 Å². The molecule has 0 aliphatic rings. The number of hydrogen-bond acceptors (Lipinski definition) is 6. The second-order valence-corrected chi connectivity index (χ2v) is 19.2. The summed E-state index contributed by atoms with van der Waals surface area (Å²) < 4.78 is 22.2. The van der Waals surface area contributed by atoms with Crippen LogP contribution in [-0.2, 0) is 18.4 Å². The van der Waals surface area contributed by atoms with Crippen molar-refractivity contribution in [2.75, 3.05) is 19.8 Å². The van der Waals surface area contributed by atoms with Crippen molar-refractivity contribution in [3.8, 4) is 0 Å². The van der Waals surface area contributed by atoms with E-state index in [1.807, 2.05) is 0 Å². The first-order valence-corrected chi connectivity index (χ1v) is 27.1. The quantitative estimate of drug-likeness (QED) is 0.0354. The van der Waals surface area contributed by atoms with Gasteiger partial charge in [-0.1, -0.05) is 258 Å². The summed E-state index contributed by atoms with van der Waals surface area (Å²) in [5, 5.41) is 13.8. The first kappa shape index (κ1) is 57.5. The number of carbonyl (C=O) groups is 1. The van der Waals surface area contributed by atoms with E-state index in [2.05, 4.69) is 19.2 Å². The average molecular weight is 845 g/mol. The van der Waals surface area contributed by atoms with Crippen molar-refractivity contribution in [1.29, 1.82) is 0 Å². The lowest BCUT2D eigenvalue weighted by molar-refractivity contribution is -0.123. The number of nitrogens with two attached hydrogens (primary N) is 1. The maximum atomic E-state index is 12.8. The highest BCUT2D eigenvalue weighted by molar-refractivity contribution is 7.47. The van der Waals surface area contributed by atoms with E-state index in [0.717, 1.165) is 38.5 Å². The normalized spacial score (nSPS) is 13.8. The molecule has 58 heavy (non-hydrogen) atoms. The molecule has 0 rings (SSSR count). The summed E-state index contributed by atoms with van der Waals surface area (Å²) in [6.45, 7) is 4.24. The Balaban J connectivity index is 3.87. The molecule has 1 amide bonds. The Hall–Kier alpha value is -0.500. The number of hydrogen-bond donors (Lipinski definition) is 4. The zero-order chi connectivity index (χ0) is 42.5. The lowest BCUT2D eigenvalue weighted by Crippen LogP contribution is -2.46. The van der Waals surface area contributed by atoms with Gasteiger partial charge in [0.2, 0.25) is 5.91 Å². The van der Waals surface area contributed by atoms with E-state index in [0.29, 0.717) is 12.8 Å². The molecule has 0 aliphatic carbocycles. The van der Waals surface area contributed by atoms with Gasteiger partial charge in [0.25, 0.3) is 0 Å². The molecule has 0 saturated carbocycles. The predicted octanol–water partition coefficient (Wildman–Crippen LogP) is 15.0. The van der Waals surface area contributed by atoms with E-state index in [9.17, 15) is 19.4 Å². The van der Waals surface area contributed by atoms with Gasteiger partial charge in [-0.05, 0) is 12.8 Å².